The molecule has 1 aromatic heterocycles. The van der Waals surface area contributed by atoms with Crippen molar-refractivity contribution in [2.24, 2.45) is 5.92 Å². The Labute approximate surface area is 122 Å². The SMILES string of the molecule is COc1ccc(C(=O)C(=O)C2CC2)cc1-c1cccnc1. The molecule has 0 unspecified atom stereocenters. The molecular formula is C17H15NO3. The van der Waals surface area contributed by atoms with Crippen LogP contribution < -0.4 is 4.74 Å². The summed E-state index contributed by atoms with van der Waals surface area (Å²) in [6.07, 6.45) is 5.04. The van der Waals surface area contributed by atoms with Gasteiger partial charge in [-0.1, -0.05) is 6.07 Å². The van der Waals surface area contributed by atoms with E-state index in [0.717, 1.165) is 24.0 Å². The molecule has 0 bridgehead atoms. The summed E-state index contributed by atoms with van der Waals surface area (Å²) in [5.41, 5.74) is 2.02. The lowest BCUT2D eigenvalue weighted by Gasteiger charge is -2.10. The molecule has 1 aromatic carbocycles. The summed E-state index contributed by atoms with van der Waals surface area (Å²) in [6, 6.07) is 8.77. The highest BCUT2D eigenvalue weighted by Crippen LogP contribution is 2.33. The first-order chi connectivity index (χ1) is 10.2. The lowest BCUT2D eigenvalue weighted by atomic mass is 9.98. The molecule has 106 valence electrons. The number of hydrogen-bond donors (Lipinski definition) is 0. The number of aromatic nitrogens is 1. The minimum Gasteiger partial charge on any atom is -0.496 e. The highest BCUT2D eigenvalue weighted by atomic mass is 16.5. The summed E-state index contributed by atoms with van der Waals surface area (Å²) in [5.74, 6) is -0.109. The van der Waals surface area contributed by atoms with Crippen molar-refractivity contribution < 1.29 is 14.3 Å². The normalized spacial score (nSPS) is 13.8. The minimum atomic E-state index is -0.412. The molecule has 0 N–H and O–H groups in total. The number of Topliss-reactive ketones (excluding diaryl/α,β-unsaturated/α-hetero) is 2. The maximum Gasteiger partial charge on any atom is 0.228 e. The fourth-order valence-electron chi connectivity index (χ4n) is 2.27. The first-order valence-electron chi connectivity index (χ1n) is 6.87. The predicted molar refractivity (Wildman–Crippen MR) is 78.3 cm³/mol. The van der Waals surface area contributed by atoms with Crippen LogP contribution in [0.2, 0.25) is 0 Å². The van der Waals surface area contributed by atoms with Crippen LogP contribution in [0.5, 0.6) is 5.75 Å². The van der Waals surface area contributed by atoms with Gasteiger partial charge in [0.05, 0.1) is 7.11 Å². The number of benzene rings is 1. The molecule has 0 amide bonds. The summed E-state index contributed by atoms with van der Waals surface area (Å²) >= 11 is 0. The Morgan fingerprint density at radius 2 is 2.05 bits per heavy atom. The second kappa shape index (κ2) is 5.48. The summed E-state index contributed by atoms with van der Waals surface area (Å²) in [6.45, 7) is 0. The molecule has 21 heavy (non-hydrogen) atoms. The maximum absolute atomic E-state index is 12.2. The first kappa shape index (κ1) is 13.5. The van der Waals surface area contributed by atoms with Crippen molar-refractivity contribution in [2.75, 3.05) is 7.11 Å². The molecule has 0 radical (unpaired) electrons. The highest BCUT2D eigenvalue weighted by Gasteiger charge is 2.34. The second-order valence-electron chi connectivity index (χ2n) is 5.12. The fraction of sp³-hybridized carbons (Fsp3) is 0.235. The first-order valence-corrected chi connectivity index (χ1v) is 6.87. The van der Waals surface area contributed by atoms with Gasteiger partial charge in [-0.15, -0.1) is 0 Å². The molecule has 0 spiro atoms. The fourth-order valence-corrected chi connectivity index (χ4v) is 2.27. The number of carbonyl (C=O) groups is 2. The smallest absolute Gasteiger partial charge is 0.228 e. The zero-order chi connectivity index (χ0) is 14.8. The van der Waals surface area contributed by atoms with Gasteiger partial charge in [0.15, 0.2) is 0 Å². The summed E-state index contributed by atoms with van der Waals surface area (Å²) in [5, 5.41) is 0. The predicted octanol–water partition coefficient (Wildman–Crippen LogP) is 2.92. The van der Waals surface area contributed by atoms with E-state index in [1.54, 1.807) is 37.7 Å². The minimum absolute atomic E-state index is 0.0681. The molecule has 1 aliphatic rings. The zero-order valence-corrected chi connectivity index (χ0v) is 11.7. The third-order valence-electron chi connectivity index (χ3n) is 3.61. The van der Waals surface area contributed by atoms with Gasteiger partial charge in [-0.2, -0.15) is 0 Å². The highest BCUT2D eigenvalue weighted by molar-refractivity contribution is 6.44. The van der Waals surface area contributed by atoms with Crippen LogP contribution in [0.25, 0.3) is 11.1 Å². The van der Waals surface area contributed by atoms with Crippen molar-refractivity contribution in [3.63, 3.8) is 0 Å². The molecular weight excluding hydrogens is 266 g/mol. The molecule has 2 aromatic rings. The molecule has 0 atom stereocenters. The van der Waals surface area contributed by atoms with Gasteiger partial charge < -0.3 is 4.74 Å². The van der Waals surface area contributed by atoms with E-state index in [4.69, 9.17) is 4.74 Å². The Morgan fingerprint density at radius 3 is 2.67 bits per heavy atom. The third kappa shape index (κ3) is 2.70. The number of rotatable bonds is 5. The number of methoxy groups -OCH3 is 1. The second-order valence-corrected chi connectivity index (χ2v) is 5.12. The number of carbonyl (C=O) groups excluding carboxylic acids is 2. The van der Waals surface area contributed by atoms with E-state index in [0.29, 0.717) is 11.3 Å². The number of ketones is 2. The largest absolute Gasteiger partial charge is 0.496 e. The molecule has 1 saturated carbocycles. The van der Waals surface area contributed by atoms with Crippen LogP contribution in [0.1, 0.15) is 23.2 Å². The number of hydrogen-bond acceptors (Lipinski definition) is 4. The Balaban J connectivity index is 2.00. The van der Waals surface area contributed by atoms with E-state index >= 15 is 0 Å². The van der Waals surface area contributed by atoms with Gasteiger partial charge in [0.1, 0.15) is 5.75 Å². The Kier molecular flexibility index (Phi) is 3.52. The van der Waals surface area contributed by atoms with Gasteiger partial charge in [0, 0.05) is 35.0 Å². The van der Waals surface area contributed by atoms with Crippen molar-refractivity contribution in [1.82, 2.24) is 4.98 Å². The molecule has 4 nitrogen and oxygen atoms in total. The van der Waals surface area contributed by atoms with Gasteiger partial charge in [-0.05, 0) is 37.1 Å². The van der Waals surface area contributed by atoms with E-state index in [2.05, 4.69) is 4.98 Å². The number of pyridine rings is 1. The number of nitrogens with zero attached hydrogens (tertiary/aromatic N) is 1. The maximum atomic E-state index is 12.2. The Morgan fingerprint density at radius 1 is 1.24 bits per heavy atom. The Hall–Kier alpha value is -2.49. The standard InChI is InChI=1S/C17H15NO3/c1-21-15-7-6-12(17(20)16(19)11-4-5-11)9-14(15)13-3-2-8-18-10-13/h2-3,6-11H,4-5H2,1H3. The Bertz CT molecular complexity index is 690. The molecule has 1 fully saturated rings. The van der Waals surface area contributed by atoms with E-state index in [9.17, 15) is 9.59 Å². The van der Waals surface area contributed by atoms with Crippen molar-refractivity contribution in [3.05, 3.63) is 48.3 Å². The summed E-state index contributed by atoms with van der Waals surface area (Å²) < 4.78 is 5.33. The molecule has 4 heteroatoms. The van der Waals surface area contributed by atoms with Crippen molar-refractivity contribution in [2.45, 2.75) is 12.8 Å². The van der Waals surface area contributed by atoms with E-state index < -0.39 is 5.78 Å². The van der Waals surface area contributed by atoms with Crippen LogP contribution in [0.15, 0.2) is 42.7 Å². The van der Waals surface area contributed by atoms with Crippen LogP contribution in [-0.2, 0) is 4.79 Å². The molecule has 1 heterocycles. The van der Waals surface area contributed by atoms with Crippen LogP contribution in [0, 0.1) is 5.92 Å². The lowest BCUT2D eigenvalue weighted by molar-refractivity contribution is -0.116. The van der Waals surface area contributed by atoms with Crippen molar-refractivity contribution in [3.8, 4) is 16.9 Å². The van der Waals surface area contributed by atoms with Crippen LogP contribution in [0.3, 0.4) is 0 Å². The molecule has 0 saturated heterocycles. The zero-order valence-electron chi connectivity index (χ0n) is 11.7. The van der Waals surface area contributed by atoms with Crippen LogP contribution in [0.4, 0.5) is 0 Å². The summed E-state index contributed by atoms with van der Waals surface area (Å²) in [4.78, 5) is 28.2. The van der Waals surface area contributed by atoms with Crippen LogP contribution >= 0.6 is 0 Å². The van der Waals surface area contributed by atoms with Gasteiger partial charge in [-0.25, -0.2) is 0 Å². The van der Waals surface area contributed by atoms with E-state index in [1.165, 1.54) is 0 Å². The van der Waals surface area contributed by atoms with Gasteiger partial charge in [0.2, 0.25) is 11.6 Å². The molecule has 1 aliphatic carbocycles. The van der Waals surface area contributed by atoms with Crippen molar-refractivity contribution >= 4 is 11.6 Å². The average Bonchev–Trinajstić information content (AvgIpc) is 3.38. The van der Waals surface area contributed by atoms with E-state index in [-0.39, 0.29) is 11.7 Å². The van der Waals surface area contributed by atoms with E-state index in [1.807, 2.05) is 12.1 Å². The quantitative estimate of drug-likeness (QED) is 0.624. The lowest BCUT2D eigenvalue weighted by Crippen LogP contribution is -2.16. The topological polar surface area (TPSA) is 56.3 Å². The van der Waals surface area contributed by atoms with Gasteiger partial charge in [-0.3, -0.25) is 14.6 Å². The third-order valence-corrected chi connectivity index (χ3v) is 3.61. The van der Waals surface area contributed by atoms with Gasteiger partial charge in [0.25, 0.3) is 0 Å². The number of ether oxygens (including phenoxy) is 1. The van der Waals surface area contributed by atoms with Gasteiger partial charge >= 0.3 is 0 Å². The molecule has 3 rings (SSSR count). The molecule has 0 aliphatic heterocycles. The summed E-state index contributed by atoms with van der Waals surface area (Å²) in [7, 11) is 1.58. The van der Waals surface area contributed by atoms with Crippen molar-refractivity contribution in [1.29, 1.82) is 0 Å². The average molecular weight is 281 g/mol. The van der Waals surface area contributed by atoms with Crippen LogP contribution in [-0.4, -0.2) is 23.7 Å². The monoisotopic (exact) mass is 281 g/mol.